The van der Waals surface area contributed by atoms with Crippen LogP contribution in [0.3, 0.4) is 0 Å². The highest BCUT2D eigenvalue weighted by Crippen LogP contribution is 2.66. The molecule has 2 aromatic rings. The van der Waals surface area contributed by atoms with Crippen molar-refractivity contribution in [2.45, 2.75) is 44.3 Å². The quantitative estimate of drug-likeness (QED) is 0.187. The number of fused-ring (bicyclic) bond motifs is 1. The summed E-state index contributed by atoms with van der Waals surface area (Å²) in [6.07, 6.45) is -0.0374. The topological polar surface area (TPSA) is 262 Å². The van der Waals surface area contributed by atoms with Crippen LogP contribution in [-0.2, 0) is 38.6 Å². The lowest BCUT2D eigenvalue weighted by atomic mass is 10.1. The maximum Gasteiger partial charge on any atom is 0.490 e. The number of nitrogens with zero attached hydrogens (tertiary/aromatic N) is 4. The van der Waals surface area contributed by atoms with Gasteiger partial charge in [0.15, 0.2) is 11.7 Å². The number of aliphatic hydroxyl groups excluding tert-OH is 2. The molecule has 3 rings (SSSR count). The molecule has 21 heteroatoms. The van der Waals surface area contributed by atoms with Crippen LogP contribution in [0.15, 0.2) is 17.2 Å². The normalized spacial score (nSPS) is 26.1. The van der Waals surface area contributed by atoms with Crippen molar-refractivity contribution in [1.29, 1.82) is 0 Å². The van der Waals surface area contributed by atoms with Gasteiger partial charge in [0, 0.05) is 7.05 Å². The predicted molar refractivity (Wildman–Crippen MR) is 122 cm³/mol. The number of allylic oxidation sites excluding steroid dienone is 1. The summed E-state index contributed by atoms with van der Waals surface area (Å²) >= 11 is 0. The second-order valence-corrected chi connectivity index (χ2v) is 12.2. The summed E-state index contributed by atoms with van der Waals surface area (Å²) < 4.78 is 54.1. The van der Waals surface area contributed by atoms with Crippen LogP contribution < -0.4 is 5.56 Å². The molecule has 1 aliphatic heterocycles. The number of phosphoric ester groups is 1. The molecule has 18 nitrogen and oxygen atoms in total. The average molecular weight is 590 g/mol. The lowest BCUT2D eigenvalue weighted by Crippen LogP contribution is -2.33. The molecule has 0 aromatic carbocycles. The van der Waals surface area contributed by atoms with E-state index in [-0.39, 0.29) is 17.0 Å². The van der Waals surface area contributed by atoms with Crippen molar-refractivity contribution in [2.24, 2.45) is 7.05 Å². The van der Waals surface area contributed by atoms with E-state index >= 15 is 0 Å². The summed E-state index contributed by atoms with van der Waals surface area (Å²) in [6.45, 7) is 0.982. The van der Waals surface area contributed by atoms with Gasteiger partial charge >= 0.3 is 29.0 Å². The number of aromatic nitrogens is 4. The third-order valence-corrected chi connectivity index (χ3v) is 8.80. The largest absolute Gasteiger partial charge is 0.490 e. The summed E-state index contributed by atoms with van der Waals surface area (Å²) in [5.41, 5.74) is -0.529. The van der Waals surface area contributed by atoms with Crippen molar-refractivity contribution in [3.8, 4) is 0 Å². The van der Waals surface area contributed by atoms with Gasteiger partial charge in [0.25, 0.3) is 0 Å². The van der Waals surface area contributed by atoms with E-state index in [1.807, 2.05) is 13.0 Å². The number of aryl methyl sites for hydroxylation is 1. The standard InChI is InChI=1S/C16H25N4O14P3/c1-3-4-5-6-10-18-14(23)11-15(19(10)2)20(8-17-11)16-13(22)12(21)9(32-16)7-31-36(27,28)34-37(29,30)33-35(24,25)26/h5-6,8-9,12-13,16,21-22H,3-4,7H2,1-2H3,(H,27,28)(H,29,30)(H2,24,25,26)/t9-,12-,13-,16-/m1/s1. The van der Waals surface area contributed by atoms with E-state index in [9.17, 15) is 38.5 Å². The lowest BCUT2D eigenvalue weighted by molar-refractivity contribution is -0.0505. The van der Waals surface area contributed by atoms with Crippen LogP contribution in [0.1, 0.15) is 31.8 Å². The minimum atomic E-state index is -5.74. The molecule has 0 aliphatic carbocycles. The molecule has 1 aliphatic rings. The number of aliphatic hydroxyl groups is 2. The van der Waals surface area contributed by atoms with Crippen LogP contribution in [0.25, 0.3) is 17.2 Å². The molecule has 1 saturated heterocycles. The molecule has 0 spiro atoms. The van der Waals surface area contributed by atoms with E-state index in [2.05, 4.69) is 23.1 Å². The van der Waals surface area contributed by atoms with Crippen LogP contribution in [0, 0.1) is 0 Å². The summed E-state index contributed by atoms with van der Waals surface area (Å²) in [7, 11) is -15.2. The molecule has 0 saturated carbocycles. The van der Waals surface area contributed by atoms with Crippen molar-refractivity contribution in [2.75, 3.05) is 6.61 Å². The Morgan fingerprint density at radius 3 is 2.41 bits per heavy atom. The third-order valence-electron chi connectivity index (χ3n) is 5.00. The van der Waals surface area contributed by atoms with E-state index in [1.54, 1.807) is 13.1 Å². The van der Waals surface area contributed by atoms with Gasteiger partial charge in [0.05, 0.1) is 12.9 Å². The maximum absolute atomic E-state index is 12.5. The zero-order valence-corrected chi connectivity index (χ0v) is 21.9. The maximum atomic E-state index is 12.5. The Bertz CT molecular complexity index is 1370. The second kappa shape index (κ2) is 11.2. The highest BCUT2D eigenvalue weighted by atomic mass is 31.3. The predicted octanol–water partition coefficient (Wildman–Crippen LogP) is -0.0942. The van der Waals surface area contributed by atoms with E-state index in [4.69, 9.17) is 14.5 Å². The van der Waals surface area contributed by atoms with E-state index in [0.29, 0.717) is 0 Å². The zero-order chi connectivity index (χ0) is 27.8. The summed E-state index contributed by atoms with van der Waals surface area (Å²) in [5.74, 6) is 0.282. The molecule has 0 radical (unpaired) electrons. The summed E-state index contributed by atoms with van der Waals surface area (Å²) in [5, 5.41) is 20.9. The average Bonchev–Trinajstić information content (AvgIpc) is 3.30. The first kappa shape index (κ1) is 29.9. The number of imidazole rings is 1. The van der Waals surface area contributed by atoms with Gasteiger partial charge in [-0.2, -0.15) is 13.6 Å². The van der Waals surface area contributed by atoms with Crippen molar-refractivity contribution >= 4 is 40.7 Å². The lowest BCUT2D eigenvalue weighted by Gasteiger charge is -2.19. The van der Waals surface area contributed by atoms with Crippen molar-refractivity contribution < 1.29 is 61.4 Å². The Morgan fingerprint density at radius 2 is 1.78 bits per heavy atom. The third kappa shape index (κ3) is 7.28. The molecule has 1 fully saturated rings. The highest BCUT2D eigenvalue weighted by Gasteiger charge is 2.47. The van der Waals surface area contributed by atoms with Gasteiger partial charge < -0.3 is 39.1 Å². The number of rotatable bonds is 11. The van der Waals surface area contributed by atoms with Crippen molar-refractivity contribution in [3.63, 3.8) is 0 Å². The van der Waals surface area contributed by atoms with E-state index < -0.39 is 60.2 Å². The SMILES string of the molecule is CCCC=Cc1nc(=O)c2ncn([C@@H]3O[C@H](COP(=O)(O)OP(=O)(O)OP(=O)(O)O)[C@@H](O)[C@H]3O)c2n1C. The van der Waals surface area contributed by atoms with Gasteiger partial charge in [-0.3, -0.25) is 13.9 Å². The molecule has 208 valence electrons. The first-order valence-electron chi connectivity index (χ1n) is 10.5. The Morgan fingerprint density at radius 1 is 1.11 bits per heavy atom. The van der Waals surface area contributed by atoms with Crippen LogP contribution in [0.4, 0.5) is 0 Å². The van der Waals surface area contributed by atoms with Crippen LogP contribution in [0.5, 0.6) is 0 Å². The smallest absolute Gasteiger partial charge is 0.387 e. The molecule has 6 atom stereocenters. The van der Waals surface area contributed by atoms with Crippen LogP contribution >= 0.6 is 23.5 Å². The molecule has 2 unspecified atom stereocenters. The number of phosphoric acid groups is 3. The second-order valence-electron chi connectivity index (χ2n) is 7.78. The molecule has 0 amide bonds. The molecule has 2 aromatic heterocycles. The first-order valence-corrected chi connectivity index (χ1v) is 15.0. The fourth-order valence-corrected chi connectivity index (χ4v) is 6.47. The van der Waals surface area contributed by atoms with Crippen LogP contribution in [-0.4, -0.2) is 73.8 Å². The molecule has 3 heterocycles. The minimum absolute atomic E-state index is 0.0582. The fourth-order valence-electron chi connectivity index (χ4n) is 3.44. The monoisotopic (exact) mass is 590 g/mol. The van der Waals surface area contributed by atoms with Crippen molar-refractivity contribution in [3.05, 3.63) is 28.6 Å². The summed E-state index contributed by atoms with van der Waals surface area (Å²) in [6, 6.07) is 0. The molecular weight excluding hydrogens is 565 g/mol. The Hall–Kier alpha value is -1.62. The van der Waals surface area contributed by atoms with Crippen LogP contribution in [0.2, 0.25) is 0 Å². The number of hydrogen-bond donors (Lipinski definition) is 6. The minimum Gasteiger partial charge on any atom is -0.387 e. The molecular formula is C16H25N4O14P3. The number of hydrogen-bond acceptors (Lipinski definition) is 12. The van der Waals surface area contributed by atoms with Gasteiger partial charge in [-0.05, 0) is 12.5 Å². The Labute approximate surface area is 208 Å². The van der Waals surface area contributed by atoms with Gasteiger partial charge in [-0.15, -0.1) is 0 Å². The van der Waals surface area contributed by atoms with Crippen molar-refractivity contribution in [1.82, 2.24) is 19.1 Å². The number of ether oxygens (including phenoxy) is 1. The Kier molecular flexibility index (Phi) is 9.09. The molecule has 0 bridgehead atoms. The summed E-state index contributed by atoms with van der Waals surface area (Å²) in [4.78, 5) is 56.4. The van der Waals surface area contributed by atoms with E-state index in [1.165, 1.54) is 15.5 Å². The number of unbranched alkanes of at least 4 members (excludes halogenated alkanes) is 1. The van der Waals surface area contributed by atoms with Gasteiger partial charge in [-0.1, -0.05) is 19.4 Å². The highest BCUT2D eigenvalue weighted by molar-refractivity contribution is 7.66. The zero-order valence-electron chi connectivity index (χ0n) is 19.2. The van der Waals surface area contributed by atoms with E-state index in [0.717, 1.165) is 12.8 Å². The van der Waals surface area contributed by atoms with Gasteiger partial charge in [0.2, 0.25) is 0 Å². The molecule has 37 heavy (non-hydrogen) atoms. The van der Waals surface area contributed by atoms with Gasteiger partial charge in [-0.25, -0.2) is 18.7 Å². The molecule has 6 N–H and O–H groups in total. The first-order chi connectivity index (χ1) is 17.1. The van der Waals surface area contributed by atoms with Gasteiger partial charge in [0.1, 0.15) is 29.8 Å². The Balaban J connectivity index is 1.81. The fraction of sp³-hybridized carbons (Fsp3) is 0.562.